The molecular formula is C24H28O4. The van der Waals surface area contributed by atoms with E-state index >= 15 is 0 Å². The highest BCUT2D eigenvalue weighted by Gasteiger charge is 2.23. The first-order valence-corrected chi connectivity index (χ1v) is 9.79. The fraction of sp³-hybridized carbons (Fsp3) is 0.333. The summed E-state index contributed by atoms with van der Waals surface area (Å²) in [6.45, 7) is 4.06. The van der Waals surface area contributed by atoms with Crippen LogP contribution in [-0.2, 0) is 31.9 Å². The Morgan fingerprint density at radius 1 is 0.643 bits per heavy atom. The van der Waals surface area contributed by atoms with Crippen molar-refractivity contribution in [1.82, 2.24) is 0 Å². The molecule has 28 heavy (non-hydrogen) atoms. The Hall–Kier alpha value is -2.88. The van der Waals surface area contributed by atoms with Gasteiger partial charge >= 0.3 is 11.9 Å². The molecule has 0 spiro atoms. The standard InChI is InChI=1S/C24H28O4/c1-3-27-23(25)21(17-15-19-11-7-5-8-12-19)22(24(26)28-4-2)18-16-20-13-9-6-10-14-20/h5-14H,3-4,15-18H2,1-2H3. The molecule has 2 aromatic rings. The summed E-state index contributed by atoms with van der Waals surface area (Å²) < 4.78 is 10.5. The molecule has 2 aromatic carbocycles. The minimum atomic E-state index is -0.436. The lowest BCUT2D eigenvalue weighted by Crippen LogP contribution is -2.18. The van der Waals surface area contributed by atoms with Crippen LogP contribution in [0.3, 0.4) is 0 Å². The van der Waals surface area contributed by atoms with Gasteiger partial charge in [-0.2, -0.15) is 0 Å². The predicted molar refractivity (Wildman–Crippen MR) is 110 cm³/mol. The summed E-state index contributed by atoms with van der Waals surface area (Å²) in [5.74, 6) is -0.871. The second kappa shape index (κ2) is 11.8. The van der Waals surface area contributed by atoms with Crippen molar-refractivity contribution >= 4 is 11.9 Å². The SMILES string of the molecule is CCOC(=O)C(CCc1ccccc1)=C(CCc1ccccc1)C(=O)OCC. The molecule has 0 fully saturated rings. The lowest BCUT2D eigenvalue weighted by Gasteiger charge is -2.14. The molecule has 0 unspecified atom stereocenters. The zero-order valence-corrected chi connectivity index (χ0v) is 16.6. The van der Waals surface area contributed by atoms with E-state index in [0.29, 0.717) is 36.8 Å². The monoisotopic (exact) mass is 380 g/mol. The van der Waals surface area contributed by atoms with E-state index in [1.165, 1.54) is 0 Å². The Kier molecular flexibility index (Phi) is 8.99. The van der Waals surface area contributed by atoms with Gasteiger partial charge in [0.15, 0.2) is 0 Å². The predicted octanol–water partition coefficient (Wildman–Crippen LogP) is 4.67. The van der Waals surface area contributed by atoms with Crippen molar-refractivity contribution in [3.8, 4) is 0 Å². The van der Waals surface area contributed by atoms with Gasteiger partial charge in [-0.05, 0) is 50.7 Å². The first kappa shape index (κ1) is 21.4. The first-order valence-electron chi connectivity index (χ1n) is 9.79. The molecule has 0 radical (unpaired) electrons. The summed E-state index contributed by atoms with van der Waals surface area (Å²) in [4.78, 5) is 25.3. The normalized spacial score (nSPS) is 11.5. The highest BCUT2D eigenvalue weighted by Crippen LogP contribution is 2.21. The van der Waals surface area contributed by atoms with Crippen LogP contribution in [0.5, 0.6) is 0 Å². The topological polar surface area (TPSA) is 52.6 Å². The lowest BCUT2D eigenvalue weighted by atomic mass is 9.95. The zero-order chi connectivity index (χ0) is 20.2. The van der Waals surface area contributed by atoms with Crippen molar-refractivity contribution in [1.29, 1.82) is 0 Å². The zero-order valence-electron chi connectivity index (χ0n) is 16.6. The summed E-state index contributed by atoms with van der Waals surface area (Å²) in [5, 5.41) is 0. The average molecular weight is 380 g/mol. The molecule has 0 aliphatic heterocycles. The number of ether oxygens (including phenoxy) is 2. The number of carbonyl (C=O) groups excluding carboxylic acids is 2. The van der Waals surface area contributed by atoms with Gasteiger partial charge in [0.25, 0.3) is 0 Å². The van der Waals surface area contributed by atoms with Crippen LogP contribution < -0.4 is 0 Å². The molecule has 148 valence electrons. The molecule has 0 saturated heterocycles. The molecule has 0 bridgehead atoms. The fourth-order valence-electron chi connectivity index (χ4n) is 3.02. The number of hydrogen-bond donors (Lipinski definition) is 0. The maximum Gasteiger partial charge on any atom is 0.334 e. The van der Waals surface area contributed by atoms with E-state index in [4.69, 9.17) is 9.47 Å². The molecule has 0 aliphatic rings. The van der Waals surface area contributed by atoms with Gasteiger partial charge in [0.1, 0.15) is 0 Å². The first-order chi connectivity index (χ1) is 13.7. The van der Waals surface area contributed by atoms with Crippen LogP contribution in [0.4, 0.5) is 0 Å². The number of esters is 2. The van der Waals surface area contributed by atoms with Crippen LogP contribution in [0.2, 0.25) is 0 Å². The van der Waals surface area contributed by atoms with Crippen molar-refractivity contribution < 1.29 is 19.1 Å². The second-order valence-corrected chi connectivity index (χ2v) is 6.37. The fourth-order valence-corrected chi connectivity index (χ4v) is 3.02. The largest absolute Gasteiger partial charge is 0.463 e. The van der Waals surface area contributed by atoms with Crippen molar-refractivity contribution in [2.24, 2.45) is 0 Å². The van der Waals surface area contributed by atoms with E-state index in [-0.39, 0.29) is 13.2 Å². The Balaban J connectivity index is 2.30. The smallest absolute Gasteiger partial charge is 0.334 e. The number of benzene rings is 2. The maximum absolute atomic E-state index is 12.6. The summed E-state index contributed by atoms with van der Waals surface area (Å²) >= 11 is 0. The molecular weight excluding hydrogens is 352 g/mol. The van der Waals surface area contributed by atoms with E-state index < -0.39 is 11.9 Å². The second-order valence-electron chi connectivity index (χ2n) is 6.37. The van der Waals surface area contributed by atoms with E-state index in [9.17, 15) is 9.59 Å². The minimum Gasteiger partial charge on any atom is -0.463 e. The summed E-state index contributed by atoms with van der Waals surface area (Å²) in [6.07, 6.45) is 2.18. The summed E-state index contributed by atoms with van der Waals surface area (Å²) in [5.41, 5.74) is 3.05. The van der Waals surface area contributed by atoms with Crippen molar-refractivity contribution in [2.45, 2.75) is 39.5 Å². The van der Waals surface area contributed by atoms with Gasteiger partial charge in [0.2, 0.25) is 0 Å². The highest BCUT2D eigenvalue weighted by atomic mass is 16.5. The molecule has 0 aliphatic carbocycles. The van der Waals surface area contributed by atoms with E-state index in [2.05, 4.69) is 0 Å². The molecule has 2 rings (SSSR count). The Bertz CT molecular complexity index is 711. The van der Waals surface area contributed by atoms with Gasteiger partial charge in [-0.15, -0.1) is 0 Å². The van der Waals surface area contributed by atoms with Crippen molar-refractivity contribution in [2.75, 3.05) is 13.2 Å². The molecule has 0 amide bonds. The highest BCUT2D eigenvalue weighted by molar-refractivity contribution is 6.00. The third-order valence-corrected chi connectivity index (χ3v) is 4.42. The minimum absolute atomic E-state index is 0.266. The van der Waals surface area contributed by atoms with E-state index in [0.717, 1.165) is 11.1 Å². The molecule has 4 heteroatoms. The van der Waals surface area contributed by atoms with Gasteiger partial charge in [0.05, 0.1) is 13.2 Å². The van der Waals surface area contributed by atoms with Crippen molar-refractivity contribution in [3.63, 3.8) is 0 Å². The van der Waals surface area contributed by atoms with Gasteiger partial charge in [-0.1, -0.05) is 60.7 Å². The third-order valence-electron chi connectivity index (χ3n) is 4.42. The van der Waals surface area contributed by atoms with Gasteiger partial charge < -0.3 is 9.47 Å². The van der Waals surface area contributed by atoms with Crippen LogP contribution >= 0.6 is 0 Å². The van der Waals surface area contributed by atoms with Gasteiger partial charge in [-0.25, -0.2) is 9.59 Å². The van der Waals surface area contributed by atoms with Crippen LogP contribution in [0, 0.1) is 0 Å². The lowest BCUT2D eigenvalue weighted by molar-refractivity contribution is -0.142. The average Bonchev–Trinajstić information content (AvgIpc) is 2.72. The Labute approximate surface area is 167 Å². The quantitative estimate of drug-likeness (QED) is 0.444. The summed E-state index contributed by atoms with van der Waals surface area (Å²) in [7, 11) is 0. The Morgan fingerprint density at radius 3 is 1.32 bits per heavy atom. The van der Waals surface area contributed by atoms with Crippen LogP contribution in [-0.4, -0.2) is 25.2 Å². The summed E-state index contributed by atoms with van der Waals surface area (Å²) in [6, 6.07) is 19.8. The van der Waals surface area contributed by atoms with Crippen LogP contribution in [0.25, 0.3) is 0 Å². The molecule has 0 saturated carbocycles. The number of aryl methyl sites for hydroxylation is 2. The van der Waals surface area contributed by atoms with Gasteiger partial charge in [0, 0.05) is 11.1 Å². The van der Waals surface area contributed by atoms with Crippen LogP contribution in [0.15, 0.2) is 71.8 Å². The molecule has 0 atom stereocenters. The maximum atomic E-state index is 12.6. The number of rotatable bonds is 10. The number of hydrogen-bond acceptors (Lipinski definition) is 4. The molecule has 0 N–H and O–H groups in total. The molecule has 0 aromatic heterocycles. The van der Waals surface area contributed by atoms with E-state index in [1.807, 2.05) is 60.7 Å². The van der Waals surface area contributed by atoms with Gasteiger partial charge in [-0.3, -0.25) is 0 Å². The van der Waals surface area contributed by atoms with Crippen molar-refractivity contribution in [3.05, 3.63) is 82.9 Å². The molecule has 0 heterocycles. The van der Waals surface area contributed by atoms with E-state index in [1.54, 1.807) is 13.8 Å². The number of carbonyl (C=O) groups is 2. The third kappa shape index (κ3) is 6.69. The van der Waals surface area contributed by atoms with Crippen LogP contribution in [0.1, 0.15) is 37.8 Å². The molecule has 4 nitrogen and oxygen atoms in total. The Morgan fingerprint density at radius 2 is 1.00 bits per heavy atom.